The van der Waals surface area contributed by atoms with Gasteiger partial charge in [0, 0.05) is 25.6 Å². The first kappa shape index (κ1) is 29.7. The van der Waals surface area contributed by atoms with Gasteiger partial charge in [0.15, 0.2) is 31.5 Å². The Morgan fingerprint density at radius 1 is 1.10 bits per heavy atom. The third-order valence-corrected chi connectivity index (χ3v) is 11.1. The van der Waals surface area contributed by atoms with Crippen molar-refractivity contribution in [3.05, 3.63) is 65.4 Å². The number of ether oxygens (including phenoxy) is 4. The lowest BCUT2D eigenvalue weighted by Crippen LogP contribution is -2.42. The quantitative estimate of drug-likeness (QED) is 0.173. The molecule has 2 aromatic rings. The van der Waals surface area contributed by atoms with E-state index in [9.17, 15) is 14.9 Å². The van der Waals surface area contributed by atoms with Gasteiger partial charge >= 0.3 is 11.9 Å². The fraction of sp³-hybridized carbons (Fsp3) is 0.414. The van der Waals surface area contributed by atoms with E-state index in [2.05, 4.69) is 45.3 Å². The smallest absolute Gasteiger partial charge is 0.350 e. The number of cyclic esters (lactones) is 2. The first-order valence-electron chi connectivity index (χ1n) is 12.6. The molecular weight excluding hydrogens is 516 g/mol. The monoisotopic (exact) mass is 552 g/mol. The first-order chi connectivity index (χ1) is 18.2. The summed E-state index contributed by atoms with van der Waals surface area (Å²) in [5.41, 5.74) is 1.49. The molecule has 1 N–H and O–H groups in total. The molecular formula is C29H36N2O7Si. The second-order valence-corrected chi connectivity index (χ2v) is 15.9. The molecule has 0 saturated carbocycles. The Balaban J connectivity index is 2.05. The second-order valence-electron chi connectivity index (χ2n) is 11.1. The van der Waals surface area contributed by atoms with Crippen LogP contribution in [0.3, 0.4) is 0 Å². The minimum absolute atomic E-state index is 0.119. The van der Waals surface area contributed by atoms with Crippen LogP contribution in [-0.4, -0.2) is 33.2 Å². The first-order valence-corrected chi connectivity index (χ1v) is 15.5. The summed E-state index contributed by atoms with van der Waals surface area (Å²) in [7, 11) is -0.825. The zero-order valence-electron chi connectivity index (χ0n) is 23.7. The average molecular weight is 553 g/mol. The van der Waals surface area contributed by atoms with Crippen molar-refractivity contribution in [2.45, 2.75) is 71.2 Å². The predicted octanol–water partition coefficient (Wildman–Crippen LogP) is 5.99. The number of methoxy groups -OCH3 is 1. The molecule has 1 unspecified atom stereocenters. The summed E-state index contributed by atoms with van der Waals surface area (Å²) in [5.74, 6) is -2.34. The van der Waals surface area contributed by atoms with Crippen molar-refractivity contribution in [2.75, 3.05) is 12.4 Å². The Morgan fingerprint density at radius 2 is 1.72 bits per heavy atom. The van der Waals surface area contributed by atoms with E-state index in [1.165, 1.54) is 27.2 Å². The maximum absolute atomic E-state index is 12.5. The molecule has 9 nitrogen and oxygen atoms in total. The molecule has 1 aliphatic rings. The second kappa shape index (κ2) is 11.5. The summed E-state index contributed by atoms with van der Waals surface area (Å²) in [4.78, 5) is 25.0. The molecule has 1 fully saturated rings. The summed E-state index contributed by atoms with van der Waals surface area (Å²) in [6.45, 7) is 13.6. The third-order valence-electron chi connectivity index (χ3n) is 6.65. The zero-order valence-corrected chi connectivity index (χ0v) is 24.7. The third kappa shape index (κ3) is 7.19. The maximum Gasteiger partial charge on any atom is 0.350 e. The van der Waals surface area contributed by atoms with Gasteiger partial charge in [-0.1, -0.05) is 51.1 Å². The number of carbonyl (C=O) groups excluding carboxylic acids is 2. The van der Waals surface area contributed by atoms with Gasteiger partial charge in [-0.05, 0) is 35.8 Å². The molecule has 0 spiro atoms. The molecule has 1 heterocycles. The number of nitrogens with zero attached hydrogens (tertiary/aromatic N) is 1. The SMILES string of the molecule is COc1cc(C(C#N)O[Si](C)(C)C(C)(C)C)cc(NC=C2C(=O)OC(C)(C)OC2=O)c1OCc1ccccc1. The van der Waals surface area contributed by atoms with Crippen LogP contribution in [0.25, 0.3) is 0 Å². The summed E-state index contributed by atoms with van der Waals surface area (Å²) in [6.07, 6.45) is 0.311. The Morgan fingerprint density at radius 3 is 2.26 bits per heavy atom. The largest absolute Gasteiger partial charge is 0.493 e. The number of hydrogen-bond donors (Lipinski definition) is 1. The van der Waals surface area contributed by atoms with Crippen LogP contribution in [0.4, 0.5) is 5.69 Å². The highest BCUT2D eigenvalue weighted by molar-refractivity contribution is 6.74. The van der Waals surface area contributed by atoms with E-state index in [0.29, 0.717) is 22.7 Å². The van der Waals surface area contributed by atoms with Crippen molar-refractivity contribution in [1.29, 1.82) is 5.26 Å². The van der Waals surface area contributed by atoms with Crippen molar-refractivity contribution >= 4 is 25.9 Å². The number of anilines is 1. The van der Waals surface area contributed by atoms with Gasteiger partial charge in [0.25, 0.3) is 5.79 Å². The van der Waals surface area contributed by atoms with Gasteiger partial charge in [0.05, 0.1) is 18.9 Å². The van der Waals surface area contributed by atoms with Crippen LogP contribution < -0.4 is 14.8 Å². The molecule has 1 atom stereocenters. The molecule has 2 aromatic carbocycles. The van der Waals surface area contributed by atoms with E-state index in [0.717, 1.165) is 5.56 Å². The molecule has 208 valence electrons. The maximum atomic E-state index is 12.5. The van der Waals surface area contributed by atoms with E-state index in [-0.39, 0.29) is 17.2 Å². The predicted molar refractivity (Wildman–Crippen MR) is 148 cm³/mol. The highest BCUT2D eigenvalue weighted by Gasteiger charge is 2.40. The Kier molecular flexibility index (Phi) is 8.78. The molecule has 1 saturated heterocycles. The standard InChI is InChI=1S/C29H36N2O7Si/c1-28(2,3)39(7,8)38-24(16-30)20-14-22(31-17-21-26(32)36-29(4,5)37-27(21)33)25(23(15-20)34-6)35-18-19-12-10-9-11-13-19/h9-15,17,24,31H,18H2,1-8H3. The van der Waals surface area contributed by atoms with E-state index in [1.807, 2.05) is 30.3 Å². The van der Waals surface area contributed by atoms with Crippen molar-refractivity contribution in [1.82, 2.24) is 0 Å². The van der Waals surface area contributed by atoms with Gasteiger partial charge in [0.1, 0.15) is 6.61 Å². The van der Waals surface area contributed by atoms with Gasteiger partial charge in [0.2, 0.25) is 0 Å². The molecule has 1 aliphatic heterocycles. The number of rotatable bonds is 9. The van der Waals surface area contributed by atoms with Crippen LogP contribution in [0, 0.1) is 11.3 Å². The number of benzene rings is 2. The van der Waals surface area contributed by atoms with Gasteiger partial charge in [-0.2, -0.15) is 5.26 Å². The summed E-state index contributed by atoms with van der Waals surface area (Å²) < 4.78 is 28.6. The van der Waals surface area contributed by atoms with Crippen molar-refractivity contribution < 1.29 is 33.0 Å². The fourth-order valence-corrected chi connectivity index (χ4v) is 4.61. The van der Waals surface area contributed by atoms with Gasteiger partial charge in [-0.25, -0.2) is 9.59 Å². The Bertz CT molecular complexity index is 1270. The fourth-order valence-electron chi connectivity index (χ4n) is 3.48. The molecule has 0 aliphatic carbocycles. The number of nitriles is 1. The number of hydrogen-bond acceptors (Lipinski definition) is 9. The molecule has 0 bridgehead atoms. The molecule has 39 heavy (non-hydrogen) atoms. The van der Waals surface area contributed by atoms with Crippen LogP contribution in [0.15, 0.2) is 54.2 Å². The lowest BCUT2D eigenvalue weighted by molar-refractivity contribution is -0.222. The van der Waals surface area contributed by atoms with Crippen LogP contribution in [0.5, 0.6) is 11.5 Å². The highest BCUT2D eigenvalue weighted by Crippen LogP contribution is 2.43. The minimum Gasteiger partial charge on any atom is -0.493 e. The molecule has 3 rings (SSSR count). The van der Waals surface area contributed by atoms with Crippen molar-refractivity contribution in [2.24, 2.45) is 0 Å². The number of carbonyl (C=O) groups is 2. The molecule has 0 amide bonds. The summed E-state index contributed by atoms with van der Waals surface area (Å²) in [6, 6.07) is 15.2. The molecule has 0 radical (unpaired) electrons. The Hall–Kier alpha value is -3.81. The normalized spacial score (nSPS) is 15.9. The molecule has 0 aromatic heterocycles. The van der Waals surface area contributed by atoms with E-state index >= 15 is 0 Å². The zero-order chi connectivity index (χ0) is 29.0. The van der Waals surface area contributed by atoms with Gasteiger partial charge in [-0.3, -0.25) is 0 Å². The van der Waals surface area contributed by atoms with Crippen molar-refractivity contribution in [3.63, 3.8) is 0 Å². The number of nitrogens with one attached hydrogen (secondary N) is 1. The van der Waals surface area contributed by atoms with E-state index < -0.39 is 32.1 Å². The van der Waals surface area contributed by atoms with Gasteiger partial charge < -0.3 is 28.7 Å². The van der Waals surface area contributed by atoms with Crippen LogP contribution in [0.1, 0.15) is 51.8 Å². The van der Waals surface area contributed by atoms with Crippen LogP contribution in [-0.2, 0) is 30.1 Å². The topological polar surface area (TPSA) is 116 Å². The summed E-state index contributed by atoms with van der Waals surface area (Å²) in [5, 5.41) is 12.9. The van der Waals surface area contributed by atoms with Crippen LogP contribution >= 0.6 is 0 Å². The van der Waals surface area contributed by atoms with Crippen molar-refractivity contribution in [3.8, 4) is 17.6 Å². The average Bonchev–Trinajstić information content (AvgIpc) is 2.84. The lowest BCUT2D eigenvalue weighted by atomic mass is 10.1. The van der Waals surface area contributed by atoms with Gasteiger partial charge in [-0.15, -0.1) is 0 Å². The minimum atomic E-state index is -2.32. The van der Waals surface area contributed by atoms with E-state index in [4.69, 9.17) is 23.4 Å². The number of esters is 2. The van der Waals surface area contributed by atoms with E-state index in [1.54, 1.807) is 12.1 Å². The molecule has 10 heteroatoms. The Labute approximate surface area is 230 Å². The highest BCUT2D eigenvalue weighted by atomic mass is 28.4. The van der Waals surface area contributed by atoms with Crippen LogP contribution in [0.2, 0.25) is 18.1 Å². The summed E-state index contributed by atoms with van der Waals surface area (Å²) >= 11 is 0. The lowest BCUT2D eigenvalue weighted by Gasteiger charge is -2.37.